The first-order valence-electron chi connectivity index (χ1n) is 7.79. The maximum Gasteiger partial charge on any atom is 0.144 e. The first-order chi connectivity index (χ1) is 9.27. The van der Waals surface area contributed by atoms with Crippen LogP contribution in [0.4, 0.5) is 0 Å². The van der Waals surface area contributed by atoms with E-state index in [0.717, 1.165) is 6.42 Å². The lowest BCUT2D eigenvalue weighted by Gasteiger charge is -2.37. The van der Waals surface area contributed by atoms with Crippen LogP contribution in [0.15, 0.2) is 37.0 Å². The van der Waals surface area contributed by atoms with Crippen LogP contribution in [-0.4, -0.2) is 5.78 Å². The maximum absolute atomic E-state index is 13.2. The number of Topliss-reactive ketones (excluding diaryl/α,β-unsaturated/α-hetero) is 1. The molecule has 0 aromatic carbocycles. The molecule has 0 aromatic rings. The van der Waals surface area contributed by atoms with Gasteiger partial charge in [0.05, 0.1) is 0 Å². The van der Waals surface area contributed by atoms with Gasteiger partial charge < -0.3 is 0 Å². The van der Waals surface area contributed by atoms with Gasteiger partial charge in [0.2, 0.25) is 0 Å². The van der Waals surface area contributed by atoms with Gasteiger partial charge in [-0.05, 0) is 54.8 Å². The van der Waals surface area contributed by atoms with Gasteiger partial charge in [0.1, 0.15) is 5.78 Å². The lowest BCUT2D eigenvalue weighted by Crippen LogP contribution is -2.38. The monoisotopic (exact) mass is 252 g/mol. The second-order valence-electron chi connectivity index (χ2n) is 7.37. The largest absolute Gasteiger partial charge is 0.299 e. The number of rotatable bonds is 2. The van der Waals surface area contributed by atoms with Crippen LogP contribution >= 0.6 is 0 Å². The first kappa shape index (κ1) is 10.7. The van der Waals surface area contributed by atoms with E-state index in [-0.39, 0.29) is 5.41 Å². The highest BCUT2D eigenvalue weighted by molar-refractivity contribution is 5.93. The second kappa shape index (κ2) is 3.13. The van der Waals surface area contributed by atoms with Crippen LogP contribution in [-0.2, 0) is 4.79 Å². The van der Waals surface area contributed by atoms with Crippen LogP contribution in [0.2, 0.25) is 0 Å². The average Bonchev–Trinajstić information content (AvgIpc) is 3.15. The number of allylic oxidation sites excluding steroid dienone is 5. The van der Waals surface area contributed by atoms with Crippen LogP contribution in [0.25, 0.3) is 0 Å². The van der Waals surface area contributed by atoms with E-state index >= 15 is 0 Å². The van der Waals surface area contributed by atoms with E-state index in [2.05, 4.69) is 30.9 Å². The van der Waals surface area contributed by atoms with Crippen molar-refractivity contribution in [1.82, 2.24) is 0 Å². The smallest absolute Gasteiger partial charge is 0.144 e. The lowest BCUT2D eigenvalue weighted by molar-refractivity contribution is -0.131. The van der Waals surface area contributed by atoms with Crippen LogP contribution in [0, 0.1) is 46.8 Å². The molecule has 0 spiro atoms. The number of hydrogen-bond acceptors (Lipinski definition) is 1. The van der Waals surface area contributed by atoms with Crippen molar-refractivity contribution in [2.75, 3.05) is 0 Å². The Bertz CT molecular complexity index is 542. The quantitative estimate of drug-likeness (QED) is 0.688. The molecule has 0 saturated heterocycles. The van der Waals surface area contributed by atoms with Gasteiger partial charge in [-0.25, -0.2) is 0 Å². The number of ketones is 1. The maximum atomic E-state index is 13.2. The molecule has 0 amide bonds. The molecule has 5 aliphatic rings. The summed E-state index contributed by atoms with van der Waals surface area (Å²) in [5, 5.41) is 0. The van der Waals surface area contributed by atoms with Gasteiger partial charge in [-0.2, -0.15) is 0 Å². The molecule has 4 bridgehead atoms. The molecule has 5 aliphatic carbocycles. The van der Waals surface area contributed by atoms with Crippen LogP contribution < -0.4 is 0 Å². The van der Waals surface area contributed by atoms with Gasteiger partial charge in [0.25, 0.3) is 0 Å². The van der Waals surface area contributed by atoms with Crippen LogP contribution in [0.1, 0.15) is 19.3 Å². The van der Waals surface area contributed by atoms with Gasteiger partial charge in [0.15, 0.2) is 0 Å². The molecule has 0 aliphatic heterocycles. The third-order valence-corrected chi connectivity index (χ3v) is 7.01. The molecule has 98 valence electrons. The Balaban J connectivity index is 1.70. The van der Waals surface area contributed by atoms with Gasteiger partial charge in [-0.15, -0.1) is 6.58 Å². The summed E-state index contributed by atoms with van der Waals surface area (Å²) >= 11 is 0. The molecule has 1 heteroatoms. The van der Waals surface area contributed by atoms with Crippen molar-refractivity contribution >= 4 is 5.78 Å². The van der Waals surface area contributed by atoms with Gasteiger partial charge in [-0.3, -0.25) is 4.79 Å². The van der Waals surface area contributed by atoms with Crippen molar-refractivity contribution in [3.05, 3.63) is 37.0 Å². The summed E-state index contributed by atoms with van der Waals surface area (Å²) < 4.78 is 0. The van der Waals surface area contributed by atoms with Crippen molar-refractivity contribution in [3.63, 3.8) is 0 Å². The van der Waals surface area contributed by atoms with Crippen molar-refractivity contribution in [2.24, 2.45) is 46.8 Å². The van der Waals surface area contributed by atoms with E-state index in [1.54, 1.807) is 0 Å². The topological polar surface area (TPSA) is 17.1 Å². The first-order valence-corrected chi connectivity index (χ1v) is 7.79. The van der Waals surface area contributed by atoms with Gasteiger partial charge >= 0.3 is 0 Å². The van der Waals surface area contributed by atoms with E-state index in [9.17, 15) is 4.79 Å². The van der Waals surface area contributed by atoms with Crippen molar-refractivity contribution in [2.45, 2.75) is 19.3 Å². The number of fused-ring (bicyclic) bond motifs is 11. The summed E-state index contributed by atoms with van der Waals surface area (Å²) in [7, 11) is 0. The minimum atomic E-state index is -0.0561. The highest BCUT2D eigenvalue weighted by Gasteiger charge is 2.72. The van der Waals surface area contributed by atoms with Crippen molar-refractivity contribution in [1.29, 1.82) is 0 Å². The Morgan fingerprint density at radius 2 is 1.95 bits per heavy atom. The fraction of sp³-hybridized carbons (Fsp3) is 0.611. The molecule has 19 heavy (non-hydrogen) atoms. The predicted octanol–water partition coefficient (Wildman–Crippen LogP) is 3.39. The molecule has 3 saturated carbocycles. The Morgan fingerprint density at radius 3 is 2.79 bits per heavy atom. The molecular formula is C18H20O. The third-order valence-electron chi connectivity index (χ3n) is 7.01. The summed E-state index contributed by atoms with van der Waals surface area (Å²) in [6, 6.07) is 0. The standard InChI is InChI=1S/C18H20O/c1-2-7-18-13-6-5-12(9-13)16(18)14-10-3-4-11(8-10)15(14)17(18)19/h2-6,10-16H,1,7-9H2/t10-,11+,12+,13-,14+,15-,16-,18-/m0/s1. The van der Waals surface area contributed by atoms with E-state index < -0.39 is 0 Å². The van der Waals surface area contributed by atoms with E-state index in [4.69, 9.17) is 0 Å². The van der Waals surface area contributed by atoms with E-state index in [1.807, 2.05) is 6.08 Å². The molecule has 0 heterocycles. The summed E-state index contributed by atoms with van der Waals surface area (Å²) in [6.07, 6.45) is 14.9. The minimum absolute atomic E-state index is 0.0561. The minimum Gasteiger partial charge on any atom is -0.299 e. The predicted molar refractivity (Wildman–Crippen MR) is 74.2 cm³/mol. The van der Waals surface area contributed by atoms with E-state index in [0.29, 0.717) is 47.2 Å². The number of carbonyl (C=O) groups is 1. The Labute approximate surface area is 114 Å². The Hall–Kier alpha value is -1.11. The fourth-order valence-corrected chi connectivity index (χ4v) is 6.64. The molecule has 5 rings (SSSR count). The second-order valence-corrected chi connectivity index (χ2v) is 7.37. The fourth-order valence-electron chi connectivity index (χ4n) is 6.64. The van der Waals surface area contributed by atoms with Crippen molar-refractivity contribution in [3.8, 4) is 0 Å². The summed E-state index contributed by atoms with van der Waals surface area (Å²) in [4.78, 5) is 13.2. The zero-order valence-corrected chi connectivity index (χ0v) is 11.2. The summed E-state index contributed by atoms with van der Waals surface area (Å²) in [5.41, 5.74) is -0.0561. The normalized spacial score (nSPS) is 58.9. The molecule has 0 N–H and O–H groups in total. The molecule has 1 nitrogen and oxygen atoms in total. The summed E-state index contributed by atoms with van der Waals surface area (Å²) in [6.45, 7) is 3.95. The summed E-state index contributed by atoms with van der Waals surface area (Å²) in [5.74, 6) is 4.69. The molecule has 0 aromatic heterocycles. The Kier molecular flexibility index (Phi) is 1.76. The zero-order chi connectivity index (χ0) is 12.8. The molecule has 8 atom stereocenters. The highest BCUT2D eigenvalue weighted by Crippen LogP contribution is 2.72. The number of carbonyl (C=O) groups excluding carboxylic acids is 1. The van der Waals surface area contributed by atoms with Crippen LogP contribution in [0.5, 0.6) is 0 Å². The molecular weight excluding hydrogens is 232 g/mol. The zero-order valence-electron chi connectivity index (χ0n) is 11.2. The number of hydrogen-bond donors (Lipinski definition) is 0. The SMILES string of the molecule is C=CC[C@@]12C(=O)[C@@H]3[C@H]([C@@H]1[C@@H]1C=C[C@H]2C1)[C@H]1C=C[C@@H]3C1. The third kappa shape index (κ3) is 0.947. The van der Waals surface area contributed by atoms with Gasteiger partial charge in [0, 0.05) is 11.3 Å². The van der Waals surface area contributed by atoms with E-state index in [1.165, 1.54) is 12.8 Å². The van der Waals surface area contributed by atoms with Crippen molar-refractivity contribution < 1.29 is 4.79 Å². The molecule has 0 radical (unpaired) electrons. The molecule has 0 unspecified atom stereocenters. The van der Waals surface area contributed by atoms with Gasteiger partial charge in [-0.1, -0.05) is 30.4 Å². The van der Waals surface area contributed by atoms with Crippen LogP contribution in [0.3, 0.4) is 0 Å². The average molecular weight is 252 g/mol. The Morgan fingerprint density at radius 1 is 1.16 bits per heavy atom. The highest BCUT2D eigenvalue weighted by atomic mass is 16.1. The lowest BCUT2D eigenvalue weighted by atomic mass is 9.65. The molecule has 3 fully saturated rings.